The predicted molar refractivity (Wildman–Crippen MR) is 94.8 cm³/mol. The van der Waals surface area contributed by atoms with Gasteiger partial charge < -0.3 is 14.7 Å². The predicted octanol–water partition coefficient (Wildman–Crippen LogP) is 3.04. The quantitative estimate of drug-likeness (QED) is 0.842. The number of benzene rings is 2. The summed E-state index contributed by atoms with van der Waals surface area (Å²) in [4.78, 5) is 14.4. The Morgan fingerprint density at radius 3 is 2.60 bits per heavy atom. The van der Waals surface area contributed by atoms with Crippen LogP contribution in [0, 0.1) is 11.3 Å². The molecule has 0 saturated heterocycles. The van der Waals surface area contributed by atoms with Gasteiger partial charge in [0.2, 0.25) is 0 Å². The topological polar surface area (TPSA) is 73.6 Å². The smallest absolute Gasteiger partial charge is 0.256 e. The summed E-state index contributed by atoms with van der Waals surface area (Å²) in [6, 6.07) is 16.1. The molecule has 0 aromatic heterocycles. The van der Waals surface area contributed by atoms with E-state index in [-0.39, 0.29) is 5.91 Å². The van der Waals surface area contributed by atoms with Crippen LogP contribution >= 0.6 is 0 Å². The SMILES string of the molecule is CCCN(Cc1ccc(C#N)cc1)C(=O)C(O)c1cccc(OC)c1. The molecule has 1 N–H and O–H groups in total. The molecule has 0 aliphatic carbocycles. The van der Waals surface area contributed by atoms with Crippen LogP contribution in [0.15, 0.2) is 48.5 Å². The number of aliphatic hydroxyl groups is 1. The lowest BCUT2D eigenvalue weighted by molar-refractivity contribution is -0.141. The molecule has 2 aromatic rings. The molecule has 0 radical (unpaired) electrons. The molecule has 0 aliphatic heterocycles. The van der Waals surface area contributed by atoms with Crippen LogP contribution in [0.25, 0.3) is 0 Å². The summed E-state index contributed by atoms with van der Waals surface area (Å²) in [6.07, 6.45) is -0.452. The average Bonchev–Trinajstić information content (AvgIpc) is 2.67. The minimum atomic E-state index is -1.24. The number of aliphatic hydroxyl groups excluding tert-OH is 1. The van der Waals surface area contributed by atoms with E-state index in [0.29, 0.717) is 30.0 Å². The van der Waals surface area contributed by atoms with E-state index >= 15 is 0 Å². The van der Waals surface area contributed by atoms with E-state index in [1.54, 1.807) is 48.4 Å². The standard InChI is InChI=1S/C20H22N2O3/c1-3-11-22(14-16-9-7-15(13-21)8-10-16)20(24)19(23)17-5-4-6-18(12-17)25-2/h4-10,12,19,23H,3,11,14H2,1-2H3. The Hall–Kier alpha value is -2.84. The van der Waals surface area contributed by atoms with Gasteiger partial charge in [0.15, 0.2) is 6.10 Å². The number of hydrogen-bond donors (Lipinski definition) is 1. The minimum Gasteiger partial charge on any atom is -0.497 e. The Morgan fingerprint density at radius 1 is 1.28 bits per heavy atom. The third-order valence-electron chi connectivity index (χ3n) is 3.91. The van der Waals surface area contributed by atoms with Crippen molar-refractivity contribution in [3.8, 4) is 11.8 Å². The van der Waals surface area contributed by atoms with Gasteiger partial charge in [0, 0.05) is 13.1 Å². The number of rotatable bonds is 7. The molecule has 130 valence electrons. The van der Waals surface area contributed by atoms with Crippen molar-refractivity contribution in [1.29, 1.82) is 5.26 Å². The van der Waals surface area contributed by atoms with Crippen LogP contribution in [-0.2, 0) is 11.3 Å². The maximum absolute atomic E-state index is 12.7. The minimum absolute atomic E-state index is 0.348. The summed E-state index contributed by atoms with van der Waals surface area (Å²) in [5, 5.41) is 19.3. The third kappa shape index (κ3) is 4.82. The van der Waals surface area contributed by atoms with E-state index in [4.69, 9.17) is 10.00 Å². The maximum atomic E-state index is 12.7. The van der Waals surface area contributed by atoms with Crippen LogP contribution < -0.4 is 4.74 Å². The van der Waals surface area contributed by atoms with Crippen molar-refractivity contribution in [1.82, 2.24) is 4.90 Å². The second-order valence-corrected chi connectivity index (χ2v) is 5.75. The fraction of sp³-hybridized carbons (Fsp3) is 0.300. The van der Waals surface area contributed by atoms with Gasteiger partial charge in [-0.15, -0.1) is 0 Å². The van der Waals surface area contributed by atoms with Gasteiger partial charge in [-0.05, 0) is 41.8 Å². The van der Waals surface area contributed by atoms with E-state index in [2.05, 4.69) is 6.07 Å². The van der Waals surface area contributed by atoms with Crippen LogP contribution in [0.1, 0.15) is 36.1 Å². The molecular weight excluding hydrogens is 316 g/mol. The molecule has 0 bridgehead atoms. The zero-order chi connectivity index (χ0) is 18.2. The molecule has 0 spiro atoms. The first-order valence-corrected chi connectivity index (χ1v) is 8.19. The molecule has 1 atom stereocenters. The lowest BCUT2D eigenvalue weighted by Crippen LogP contribution is -2.35. The maximum Gasteiger partial charge on any atom is 0.256 e. The van der Waals surface area contributed by atoms with Gasteiger partial charge >= 0.3 is 0 Å². The zero-order valence-corrected chi connectivity index (χ0v) is 14.5. The molecule has 2 aromatic carbocycles. The van der Waals surface area contributed by atoms with E-state index < -0.39 is 6.10 Å². The molecule has 1 amide bonds. The van der Waals surface area contributed by atoms with Crippen molar-refractivity contribution in [2.45, 2.75) is 26.0 Å². The molecule has 0 heterocycles. The highest BCUT2D eigenvalue weighted by atomic mass is 16.5. The van der Waals surface area contributed by atoms with Crippen molar-refractivity contribution in [3.05, 3.63) is 65.2 Å². The molecule has 5 nitrogen and oxygen atoms in total. The Labute approximate surface area is 148 Å². The van der Waals surface area contributed by atoms with E-state index in [1.165, 1.54) is 0 Å². The number of amides is 1. The highest BCUT2D eigenvalue weighted by Gasteiger charge is 2.23. The summed E-state index contributed by atoms with van der Waals surface area (Å²) < 4.78 is 5.15. The third-order valence-corrected chi connectivity index (χ3v) is 3.91. The van der Waals surface area contributed by atoms with E-state index in [9.17, 15) is 9.90 Å². The molecular formula is C20H22N2O3. The van der Waals surface area contributed by atoms with Gasteiger partial charge in [-0.1, -0.05) is 31.2 Å². The molecule has 25 heavy (non-hydrogen) atoms. The van der Waals surface area contributed by atoms with Crippen LogP contribution in [0.5, 0.6) is 5.75 Å². The monoisotopic (exact) mass is 338 g/mol. The van der Waals surface area contributed by atoms with E-state index in [0.717, 1.165) is 12.0 Å². The summed E-state index contributed by atoms with van der Waals surface area (Å²) in [6.45, 7) is 2.91. The summed E-state index contributed by atoms with van der Waals surface area (Å²) in [5.74, 6) is 0.248. The second-order valence-electron chi connectivity index (χ2n) is 5.75. The fourth-order valence-electron chi connectivity index (χ4n) is 2.57. The van der Waals surface area contributed by atoms with Gasteiger partial charge in [-0.25, -0.2) is 0 Å². The Kier molecular flexibility index (Phi) is 6.55. The highest BCUT2D eigenvalue weighted by Crippen LogP contribution is 2.22. The van der Waals surface area contributed by atoms with Crippen LogP contribution in [0.4, 0.5) is 0 Å². The Morgan fingerprint density at radius 2 is 2.00 bits per heavy atom. The largest absolute Gasteiger partial charge is 0.497 e. The van der Waals surface area contributed by atoms with Gasteiger partial charge in [0.25, 0.3) is 5.91 Å². The van der Waals surface area contributed by atoms with Crippen LogP contribution in [-0.4, -0.2) is 29.6 Å². The first kappa shape index (κ1) is 18.5. The fourth-order valence-corrected chi connectivity index (χ4v) is 2.57. The average molecular weight is 338 g/mol. The molecule has 0 fully saturated rings. The highest BCUT2D eigenvalue weighted by molar-refractivity contribution is 5.82. The molecule has 5 heteroatoms. The van der Waals surface area contributed by atoms with Gasteiger partial charge in [-0.3, -0.25) is 4.79 Å². The summed E-state index contributed by atoms with van der Waals surface area (Å²) >= 11 is 0. The lowest BCUT2D eigenvalue weighted by atomic mass is 10.1. The normalized spacial score (nSPS) is 11.4. The first-order valence-electron chi connectivity index (χ1n) is 8.19. The van der Waals surface area contributed by atoms with Crippen LogP contribution in [0.3, 0.4) is 0 Å². The Bertz CT molecular complexity index is 750. The number of methoxy groups -OCH3 is 1. The van der Waals surface area contributed by atoms with Crippen LogP contribution in [0.2, 0.25) is 0 Å². The van der Waals surface area contributed by atoms with Gasteiger partial charge in [0.05, 0.1) is 18.7 Å². The number of carbonyl (C=O) groups is 1. The van der Waals surface area contributed by atoms with Crippen molar-refractivity contribution >= 4 is 5.91 Å². The number of ether oxygens (including phenoxy) is 1. The van der Waals surface area contributed by atoms with Crippen molar-refractivity contribution in [2.75, 3.05) is 13.7 Å². The zero-order valence-electron chi connectivity index (χ0n) is 14.5. The number of nitrogens with zero attached hydrogens (tertiary/aromatic N) is 2. The number of carbonyl (C=O) groups excluding carboxylic acids is 1. The van der Waals surface area contributed by atoms with Gasteiger partial charge in [0.1, 0.15) is 5.75 Å². The molecule has 1 unspecified atom stereocenters. The summed E-state index contributed by atoms with van der Waals surface area (Å²) in [5.41, 5.74) is 2.00. The van der Waals surface area contributed by atoms with Crippen molar-refractivity contribution in [2.24, 2.45) is 0 Å². The lowest BCUT2D eigenvalue weighted by Gasteiger charge is -2.25. The molecule has 0 saturated carbocycles. The number of hydrogen-bond acceptors (Lipinski definition) is 4. The second kappa shape index (κ2) is 8.86. The van der Waals surface area contributed by atoms with E-state index in [1.807, 2.05) is 19.1 Å². The van der Waals surface area contributed by atoms with Crippen molar-refractivity contribution < 1.29 is 14.6 Å². The summed E-state index contributed by atoms with van der Waals surface area (Å²) in [7, 11) is 1.54. The van der Waals surface area contributed by atoms with Gasteiger partial charge in [-0.2, -0.15) is 5.26 Å². The Balaban J connectivity index is 2.16. The van der Waals surface area contributed by atoms with Crippen molar-refractivity contribution in [3.63, 3.8) is 0 Å². The number of nitriles is 1. The molecule has 0 aliphatic rings. The molecule has 2 rings (SSSR count). The first-order chi connectivity index (χ1) is 12.1.